The third-order valence-corrected chi connectivity index (χ3v) is 7.36. The molecule has 3 heterocycles. The van der Waals surface area contributed by atoms with Crippen LogP contribution in [-0.4, -0.2) is 56.5 Å². The number of methoxy groups -OCH3 is 1. The Morgan fingerprint density at radius 2 is 2.05 bits per heavy atom. The minimum Gasteiger partial charge on any atom is -0.506 e. The number of nitrogens with one attached hydrogen (secondary N) is 2. The molecule has 0 spiro atoms. The number of H-pyrrole nitrogens is 1. The minimum atomic E-state index is -0.285. The number of aromatic hydroxyl groups is 1. The Kier molecular flexibility index (Phi) is 7.10. The molecule has 2 aromatic heterocycles. The maximum Gasteiger partial charge on any atom is 0.247 e. The Morgan fingerprint density at radius 1 is 1.20 bits per heavy atom. The highest BCUT2D eigenvalue weighted by Gasteiger charge is 2.27. The molecule has 1 amide bonds. The molecule has 3 N–H and O–H groups in total. The number of aromatic nitrogens is 4. The number of piperidine rings is 1. The molecule has 41 heavy (non-hydrogen) atoms. The molecule has 1 unspecified atom stereocenters. The van der Waals surface area contributed by atoms with Gasteiger partial charge in [-0.15, -0.1) is 10.2 Å². The van der Waals surface area contributed by atoms with E-state index in [4.69, 9.17) is 9.15 Å². The van der Waals surface area contributed by atoms with Crippen molar-refractivity contribution in [2.45, 2.75) is 32.2 Å². The van der Waals surface area contributed by atoms with Crippen molar-refractivity contribution in [3.8, 4) is 34.2 Å². The lowest BCUT2D eigenvalue weighted by atomic mass is 9.97. The number of phenolic OH excluding ortho intramolecular Hbond substituents is 1. The minimum absolute atomic E-state index is 0.0279. The lowest BCUT2D eigenvalue weighted by Gasteiger charge is -2.31. The number of benzene rings is 3. The number of carbonyl (C=O) groups excluding carboxylic acids is 1. The molecule has 1 aliphatic rings. The van der Waals surface area contributed by atoms with Crippen molar-refractivity contribution in [1.29, 1.82) is 0 Å². The first-order valence-electron chi connectivity index (χ1n) is 13.4. The van der Waals surface area contributed by atoms with Crippen molar-refractivity contribution in [3.63, 3.8) is 0 Å². The number of hydrogen-bond donors (Lipinski definition) is 3. The fourth-order valence-electron chi connectivity index (χ4n) is 5.36. The van der Waals surface area contributed by atoms with Gasteiger partial charge in [0, 0.05) is 42.1 Å². The number of hydrogen-bond acceptors (Lipinski definition) is 8. The molecule has 0 saturated carbocycles. The summed E-state index contributed by atoms with van der Waals surface area (Å²) in [6, 6.07) is 15.5. The number of phenols is 1. The molecule has 210 valence electrons. The average molecular weight is 557 g/mol. The van der Waals surface area contributed by atoms with Gasteiger partial charge in [-0.3, -0.25) is 14.8 Å². The number of amides is 1. The molecule has 1 fully saturated rings. The van der Waals surface area contributed by atoms with Gasteiger partial charge >= 0.3 is 0 Å². The Labute approximate surface area is 235 Å². The van der Waals surface area contributed by atoms with Crippen LogP contribution in [0.15, 0.2) is 59.0 Å². The van der Waals surface area contributed by atoms with E-state index < -0.39 is 0 Å². The summed E-state index contributed by atoms with van der Waals surface area (Å²) in [5.74, 6) is 0.922. The number of nitrogens with zero attached hydrogens (tertiary/aromatic N) is 4. The molecule has 11 heteroatoms. The van der Waals surface area contributed by atoms with E-state index in [2.05, 4.69) is 30.6 Å². The first-order valence-corrected chi connectivity index (χ1v) is 13.4. The number of likely N-dealkylation sites (tertiary alicyclic amines) is 1. The van der Waals surface area contributed by atoms with E-state index >= 15 is 0 Å². The number of ether oxygens (including phenoxy) is 1. The summed E-state index contributed by atoms with van der Waals surface area (Å²) in [6.45, 7) is 3.33. The molecule has 0 bridgehead atoms. The average Bonchev–Trinajstić information content (AvgIpc) is 3.63. The second-order valence-corrected chi connectivity index (χ2v) is 10.2. The molecule has 0 radical (unpaired) electrons. The zero-order valence-electron chi connectivity index (χ0n) is 22.6. The van der Waals surface area contributed by atoms with Crippen LogP contribution in [0, 0.1) is 5.82 Å². The monoisotopic (exact) mass is 556 g/mol. The van der Waals surface area contributed by atoms with E-state index in [1.54, 1.807) is 31.4 Å². The highest BCUT2D eigenvalue weighted by Crippen LogP contribution is 2.35. The van der Waals surface area contributed by atoms with Crippen LogP contribution in [0.2, 0.25) is 0 Å². The maximum absolute atomic E-state index is 14.5. The molecule has 1 aliphatic heterocycles. The van der Waals surface area contributed by atoms with Crippen LogP contribution < -0.4 is 10.1 Å². The van der Waals surface area contributed by atoms with Crippen molar-refractivity contribution < 1.29 is 23.4 Å². The third kappa shape index (κ3) is 5.36. The van der Waals surface area contributed by atoms with Crippen molar-refractivity contribution in [1.82, 2.24) is 25.3 Å². The standard InChI is InChI=1S/C30H29FN6O4/c1-17(38)32-25-14-18(9-11-26(25)39)28-21-13-19(8-10-24(21)33-34-28)29-35-36-30(41-29)20-5-4-12-37(15-20)16-22-23(31)6-3-7-27(22)40-2/h3,6-11,13-14,20,39H,4-5,12,15-16H2,1-2H3,(H,32,38)(H,33,34). The Hall–Kier alpha value is -4.77. The Balaban J connectivity index is 1.24. The lowest BCUT2D eigenvalue weighted by Crippen LogP contribution is -2.34. The highest BCUT2D eigenvalue weighted by atomic mass is 19.1. The van der Waals surface area contributed by atoms with E-state index in [1.807, 2.05) is 18.2 Å². The molecule has 6 rings (SSSR count). The van der Waals surface area contributed by atoms with Gasteiger partial charge in [0.05, 0.1) is 29.9 Å². The molecule has 5 aromatic rings. The molecule has 1 saturated heterocycles. The summed E-state index contributed by atoms with van der Waals surface area (Å²) in [5.41, 5.74) is 3.77. The SMILES string of the molecule is COc1cccc(F)c1CN1CCCC(c2nnc(-c3ccc4[nH]nc(-c5ccc(O)c(NC(C)=O)c5)c4c3)o2)C1. The van der Waals surface area contributed by atoms with Crippen LogP contribution >= 0.6 is 0 Å². The smallest absolute Gasteiger partial charge is 0.247 e. The van der Waals surface area contributed by atoms with E-state index in [0.717, 1.165) is 41.4 Å². The van der Waals surface area contributed by atoms with Crippen molar-refractivity contribution in [2.24, 2.45) is 0 Å². The second kappa shape index (κ2) is 11.0. The zero-order chi connectivity index (χ0) is 28.5. The Bertz CT molecular complexity index is 1730. The van der Waals surface area contributed by atoms with E-state index in [1.165, 1.54) is 19.1 Å². The summed E-state index contributed by atoms with van der Waals surface area (Å²) in [4.78, 5) is 13.7. The van der Waals surface area contributed by atoms with Crippen LogP contribution in [0.25, 0.3) is 33.6 Å². The van der Waals surface area contributed by atoms with Crippen LogP contribution in [0.4, 0.5) is 10.1 Å². The number of aromatic amines is 1. The Morgan fingerprint density at radius 3 is 2.88 bits per heavy atom. The molecule has 3 aromatic carbocycles. The predicted octanol–water partition coefficient (Wildman–Crippen LogP) is 5.47. The van der Waals surface area contributed by atoms with Crippen molar-refractivity contribution >= 4 is 22.5 Å². The first kappa shape index (κ1) is 26.5. The lowest BCUT2D eigenvalue weighted by molar-refractivity contribution is -0.114. The number of anilines is 1. The summed E-state index contributed by atoms with van der Waals surface area (Å²) in [7, 11) is 1.55. The number of rotatable bonds is 7. The largest absolute Gasteiger partial charge is 0.506 e. The van der Waals surface area contributed by atoms with Gasteiger partial charge in [0.2, 0.25) is 17.7 Å². The number of halogens is 1. The van der Waals surface area contributed by atoms with E-state index in [-0.39, 0.29) is 23.4 Å². The van der Waals surface area contributed by atoms with Crippen molar-refractivity contribution in [2.75, 3.05) is 25.5 Å². The normalized spacial score (nSPS) is 15.7. The van der Waals surface area contributed by atoms with Gasteiger partial charge in [-0.05, 0) is 67.9 Å². The summed E-state index contributed by atoms with van der Waals surface area (Å²) in [6.07, 6.45) is 1.82. The van der Waals surface area contributed by atoms with Crippen LogP contribution in [0.1, 0.15) is 37.1 Å². The van der Waals surface area contributed by atoms with Crippen molar-refractivity contribution in [3.05, 3.63) is 71.9 Å². The van der Waals surface area contributed by atoms with Crippen LogP contribution in [0.3, 0.4) is 0 Å². The van der Waals surface area contributed by atoms with E-state index in [9.17, 15) is 14.3 Å². The third-order valence-electron chi connectivity index (χ3n) is 7.36. The molecular formula is C30H29FN6O4. The number of carbonyl (C=O) groups is 1. The van der Waals surface area contributed by atoms with Gasteiger partial charge in [-0.25, -0.2) is 4.39 Å². The fourth-order valence-corrected chi connectivity index (χ4v) is 5.36. The second-order valence-electron chi connectivity index (χ2n) is 10.2. The van der Waals surface area contributed by atoms with Gasteiger partial charge < -0.3 is 19.6 Å². The number of fused-ring (bicyclic) bond motifs is 1. The molecule has 1 atom stereocenters. The zero-order valence-corrected chi connectivity index (χ0v) is 22.6. The molecule has 10 nitrogen and oxygen atoms in total. The van der Waals surface area contributed by atoms with Gasteiger partial charge in [0.25, 0.3) is 0 Å². The van der Waals surface area contributed by atoms with Gasteiger partial charge in [-0.2, -0.15) is 5.10 Å². The quantitative estimate of drug-likeness (QED) is 0.225. The fraction of sp³-hybridized carbons (Fsp3) is 0.267. The summed E-state index contributed by atoms with van der Waals surface area (Å²) in [5, 5.41) is 29.8. The molecular weight excluding hydrogens is 527 g/mol. The molecule has 0 aliphatic carbocycles. The van der Waals surface area contributed by atoms with Gasteiger partial charge in [-0.1, -0.05) is 6.07 Å². The highest BCUT2D eigenvalue weighted by molar-refractivity contribution is 5.97. The van der Waals surface area contributed by atoms with Gasteiger partial charge in [0.1, 0.15) is 17.3 Å². The summed E-state index contributed by atoms with van der Waals surface area (Å²) >= 11 is 0. The predicted molar refractivity (Wildman–Crippen MR) is 151 cm³/mol. The summed E-state index contributed by atoms with van der Waals surface area (Å²) < 4.78 is 26.1. The topological polar surface area (TPSA) is 129 Å². The maximum atomic E-state index is 14.5. The first-order chi connectivity index (χ1) is 19.9. The van der Waals surface area contributed by atoms with Gasteiger partial charge in [0.15, 0.2) is 0 Å². The van der Waals surface area contributed by atoms with E-state index in [0.29, 0.717) is 47.6 Å². The van der Waals surface area contributed by atoms with Crippen LogP contribution in [-0.2, 0) is 11.3 Å². The van der Waals surface area contributed by atoms with Crippen LogP contribution in [0.5, 0.6) is 11.5 Å².